The number of anilines is 2. The van der Waals surface area contributed by atoms with Crippen LogP contribution in [0.5, 0.6) is 0 Å². The molecule has 6 heteroatoms. The lowest BCUT2D eigenvalue weighted by Gasteiger charge is -2.22. The van der Waals surface area contributed by atoms with Crippen molar-refractivity contribution in [1.82, 2.24) is 9.97 Å². The summed E-state index contributed by atoms with van der Waals surface area (Å²) in [4.78, 5) is 10.5. The second-order valence-corrected chi connectivity index (χ2v) is 4.36. The van der Waals surface area contributed by atoms with Crippen LogP contribution in [0, 0.1) is 0 Å². The SMILES string of the molecule is CCc1c(NN)ncnc1N(C)CCOC(C)C. The molecule has 6 nitrogen and oxygen atoms in total. The van der Waals surface area contributed by atoms with Crippen LogP contribution in [0.15, 0.2) is 6.33 Å². The van der Waals surface area contributed by atoms with Crippen LogP contribution in [-0.4, -0.2) is 36.3 Å². The minimum absolute atomic E-state index is 0.246. The lowest BCUT2D eigenvalue weighted by atomic mass is 10.2. The number of nitrogens with two attached hydrogens (primary N) is 1. The molecule has 102 valence electrons. The zero-order valence-corrected chi connectivity index (χ0v) is 11.6. The van der Waals surface area contributed by atoms with Crippen molar-refractivity contribution >= 4 is 11.6 Å². The number of likely N-dealkylation sites (N-methyl/N-ethyl adjacent to an activating group) is 1. The third kappa shape index (κ3) is 3.82. The van der Waals surface area contributed by atoms with E-state index in [0.717, 1.165) is 24.3 Å². The van der Waals surface area contributed by atoms with E-state index in [0.29, 0.717) is 12.4 Å². The van der Waals surface area contributed by atoms with Gasteiger partial charge in [-0.15, -0.1) is 0 Å². The molecule has 0 fully saturated rings. The summed E-state index contributed by atoms with van der Waals surface area (Å²) in [5.74, 6) is 7.03. The zero-order valence-electron chi connectivity index (χ0n) is 11.6. The Balaban J connectivity index is 2.75. The van der Waals surface area contributed by atoms with E-state index in [1.807, 2.05) is 20.9 Å². The zero-order chi connectivity index (χ0) is 13.5. The summed E-state index contributed by atoms with van der Waals surface area (Å²) in [5, 5.41) is 0. The molecule has 0 aliphatic heterocycles. The average Bonchev–Trinajstić information content (AvgIpc) is 2.36. The van der Waals surface area contributed by atoms with Gasteiger partial charge in [-0.2, -0.15) is 0 Å². The molecule has 0 saturated carbocycles. The summed E-state index contributed by atoms with van der Waals surface area (Å²) in [6.45, 7) is 7.57. The smallest absolute Gasteiger partial charge is 0.148 e. The van der Waals surface area contributed by atoms with Crippen molar-refractivity contribution in [3.05, 3.63) is 11.9 Å². The highest BCUT2D eigenvalue weighted by Gasteiger charge is 2.12. The molecular formula is C12H23N5O. The third-order valence-electron chi connectivity index (χ3n) is 2.65. The summed E-state index contributed by atoms with van der Waals surface area (Å²) in [5.41, 5.74) is 3.63. The van der Waals surface area contributed by atoms with Gasteiger partial charge in [0, 0.05) is 19.2 Å². The Bertz CT molecular complexity index is 369. The molecular weight excluding hydrogens is 230 g/mol. The van der Waals surface area contributed by atoms with Crippen LogP contribution in [0.4, 0.5) is 11.6 Å². The van der Waals surface area contributed by atoms with Crippen molar-refractivity contribution in [2.24, 2.45) is 5.84 Å². The Kier molecular flexibility index (Phi) is 5.80. The van der Waals surface area contributed by atoms with E-state index in [-0.39, 0.29) is 6.10 Å². The van der Waals surface area contributed by atoms with E-state index < -0.39 is 0 Å². The molecule has 0 unspecified atom stereocenters. The van der Waals surface area contributed by atoms with Gasteiger partial charge in [0.25, 0.3) is 0 Å². The first-order valence-electron chi connectivity index (χ1n) is 6.23. The number of rotatable bonds is 7. The van der Waals surface area contributed by atoms with Gasteiger partial charge >= 0.3 is 0 Å². The van der Waals surface area contributed by atoms with Crippen LogP contribution in [0.3, 0.4) is 0 Å². The number of hydrogen-bond acceptors (Lipinski definition) is 6. The minimum Gasteiger partial charge on any atom is -0.377 e. The van der Waals surface area contributed by atoms with Crippen LogP contribution < -0.4 is 16.2 Å². The second kappa shape index (κ2) is 7.13. The first-order chi connectivity index (χ1) is 8.60. The number of ether oxygens (including phenoxy) is 1. The number of nitrogens with one attached hydrogen (secondary N) is 1. The van der Waals surface area contributed by atoms with Crippen LogP contribution >= 0.6 is 0 Å². The van der Waals surface area contributed by atoms with Crippen molar-refractivity contribution in [3.8, 4) is 0 Å². The lowest BCUT2D eigenvalue weighted by Crippen LogP contribution is -2.26. The fraction of sp³-hybridized carbons (Fsp3) is 0.667. The molecule has 0 bridgehead atoms. The highest BCUT2D eigenvalue weighted by Crippen LogP contribution is 2.22. The van der Waals surface area contributed by atoms with Crippen LogP contribution in [0.25, 0.3) is 0 Å². The van der Waals surface area contributed by atoms with Crippen LogP contribution in [-0.2, 0) is 11.2 Å². The number of hydrazine groups is 1. The molecule has 0 atom stereocenters. The van der Waals surface area contributed by atoms with Gasteiger partial charge in [0.1, 0.15) is 18.0 Å². The van der Waals surface area contributed by atoms with Gasteiger partial charge < -0.3 is 15.1 Å². The largest absolute Gasteiger partial charge is 0.377 e. The molecule has 0 aliphatic carbocycles. The van der Waals surface area contributed by atoms with Gasteiger partial charge in [0.15, 0.2) is 0 Å². The Hall–Kier alpha value is -1.40. The Morgan fingerprint density at radius 2 is 2.17 bits per heavy atom. The highest BCUT2D eigenvalue weighted by atomic mass is 16.5. The van der Waals surface area contributed by atoms with Crippen molar-refractivity contribution in [2.45, 2.75) is 33.3 Å². The molecule has 0 saturated heterocycles. The minimum atomic E-state index is 0.246. The lowest BCUT2D eigenvalue weighted by molar-refractivity contribution is 0.0845. The average molecular weight is 253 g/mol. The molecule has 1 heterocycles. The standard InChI is InChI=1S/C12H23N5O/c1-5-10-11(16-13)14-8-15-12(10)17(4)6-7-18-9(2)3/h8-9H,5-7,13H2,1-4H3,(H,14,15,16). The number of nitrogen functional groups attached to an aromatic ring is 1. The summed E-state index contributed by atoms with van der Waals surface area (Å²) in [7, 11) is 1.99. The van der Waals surface area contributed by atoms with E-state index >= 15 is 0 Å². The van der Waals surface area contributed by atoms with Gasteiger partial charge in [0.2, 0.25) is 0 Å². The van der Waals surface area contributed by atoms with Gasteiger partial charge in [-0.05, 0) is 20.3 Å². The fourth-order valence-electron chi connectivity index (χ4n) is 1.71. The van der Waals surface area contributed by atoms with Gasteiger partial charge in [-0.25, -0.2) is 15.8 Å². The van der Waals surface area contributed by atoms with Gasteiger partial charge in [-0.3, -0.25) is 0 Å². The highest BCUT2D eigenvalue weighted by molar-refractivity contribution is 5.57. The van der Waals surface area contributed by atoms with Crippen molar-refractivity contribution < 1.29 is 4.74 Å². The normalized spacial score (nSPS) is 10.8. The quantitative estimate of drug-likeness (QED) is 0.561. The summed E-state index contributed by atoms with van der Waals surface area (Å²) < 4.78 is 5.54. The van der Waals surface area contributed by atoms with E-state index in [4.69, 9.17) is 10.6 Å². The maximum Gasteiger partial charge on any atom is 0.148 e. The van der Waals surface area contributed by atoms with Crippen molar-refractivity contribution in [1.29, 1.82) is 0 Å². The summed E-state index contributed by atoms with van der Waals surface area (Å²) in [6.07, 6.45) is 2.59. The van der Waals surface area contributed by atoms with Crippen molar-refractivity contribution in [2.75, 3.05) is 30.5 Å². The van der Waals surface area contributed by atoms with E-state index in [1.165, 1.54) is 6.33 Å². The van der Waals surface area contributed by atoms with E-state index in [1.54, 1.807) is 0 Å². The molecule has 1 aromatic rings. The molecule has 0 radical (unpaired) electrons. The van der Waals surface area contributed by atoms with Crippen LogP contribution in [0.1, 0.15) is 26.3 Å². The van der Waals surface area contributed by atoms with Crippen molar-refractivity contribution in [3.63, 3.8) is 0 Å². The molecule has 0 aliphatic rings. The third-order valence-corrected chi connectivity index (χ3v) is 2.65. The Morgan fingerprint density at radius 1 is 1.44 bits per heavy atom. The molecule has 0 spiro atoms. The predicted molar refractivity (Wildman–Crippen MR) is 73.6 cm³/mol. The number of nitrogens with zero attached hydrogens (tertiary/aromatic N) is 3. The Labute approximate surface area is 109 Å². The maximum atomic E-state index is 5.54. The predicted octanol–water partition coefficient (Wildman–Crippen LogP) is 1.19. The molecule has 1 rings (SSSR count). The molecule has 0 aromatic carbocycles. The first kappa shape index (κ1) is 14.7. The van der Waals surface area contributed by atoms with Gasteiger partial charge in [0.05, 0.1) is 12.7 Å². The van der Waals surface area contributed by atoms with Gasteiger partial charge in [-0.1, -0.05) is 6.92 Å². The molecule has 1 aromatic heterocycles. The summed E-state index contributed by atoms with van der Waals surface area (Å²) in [6, 6.07) is 0. The molecule has 3 N–H and O–H groups in total. The molecule has 0 amide bonds. The summed E-state index contributed by atoms with van der Waals surface area (Å²) >= 11 is 0. The topological polar surface area (TPSA) is 76.3 Å². The number of aromatic nitrogens is 2. The monoisotopic (exact) mass is 253 g/mol. The molecule has 18 heavy (non-hydrogen) atoms. The Morgan fingerprint density at radius 3 is 2.72 bits per heavy atom. The number of hydrogen-bond donors (Lipinski definition) is 2. The second-order valence-electron chi connectivity index (χ2n) is 4.36. The fourth-order valence-corrected chi connectivity index (χ4v) is 1.71. The van der Waals surface area contributed by atoms with E-state index in [2.05, 4.69) is 27.2 Å². The van der Waals surface area contributed by atoms with Crippen LogP contribution in [0.2, 0.25) is 0 Å². The van der Waals surface area contributed by atoms with E-state index in [9.17, 15) is 0 Å². The first-order valence-corrected chi connectivity index (χ1v) is 6.23. The maximum absolute atomic E-state index is 5.54.